The molecule has 0 saturated heterocycles. The Bertz CT molecular complexity index is 616. The fourth-order valence-corrected chi connectivity index (χ4v) is 1.76. The molecule has 0 fully saturated rings. The molecule has 19 heavy (non-hydrogen) atoms. The lowest BCUT2D eigenvalue weighted by Crippen LogP contribution is -2.00. The predicted molar refractivity (Wildman–Crippen MR) is 70.6 cm³/mol. The fourth-order valence-electron chi connectivity index (χ4n) is 1.76. The van der Waals surface area contributed by atoms with Gasteiger partial charge in [0.25, 0.3) is 0 Å². The van der Waals surface area contributed by atoms with Crippen molar-refractivity contribution >= 4 is 11.7 Å². The molecule has 0 amide bonds. The van der Waals surface area contributed by atoms with Gasteiger partial charge in [0.05, 0.1) is 6.54 Å². The van der Waals surface area contributed by atoms with E-state index in [4.69, 9.17) is 9.52 Å². The van der Waals surface area contributed by atoms with Crippen LogP contribution in [0.1, 0.15) is 27.4 Å². The largest absolute Gasteiger partial charge is 0.508 e. The Morgan fingerprint density at radius 1 is 1.26 bits per heavy atom. The summed E-state index contributed by atoms with van der Waals surface area (Å²) < 4.78 is 5.15. The second kappa shape index (κ2) is 5.06. The molecule has 3 N–H and O–H groups in total. The number of aryl methyl sites for hydroxylation is 2. The lowest BCUT2D eigenvalue weighted by atomic mass is 10.1. The molecule has 100 valence electrons. The molecule has 1 aromatic carbocycles. The van der Waals surface area contributed by atoms with Crippen molar-refractivity contribution in [2.24, 2.45) is 0 Å². The quantitative estimate of drug-likeness (QED) is 0.737. The van der Waals surface area contributed by atoms with Crippen molar-refractivity contribution in [3.63, 3.8) is 0 Å². The van der Waals surface area contributed by atoms with E-state index in [-0.39, 0.29) is 11.5 Å². The Kier molecular flexibility index (Phi) is 3.46. The van der Waals surface area contributed by atoms with Crippen LogP contribution in [0.15, 0.2) is 28.7 Å². The molecule has 5 heteroatoms. The minimum absolute atomic E-state index is 0.0737. The molecular formula is C14H15NO4. The Labute approximate surface area is 110 Å². The number of hydrogen-bond donors (Lipinski definition) is 3. The molecule has 2 aromatic rings. The smallest absolute Gasteiger partial charge is 0.371 e. The summed E-state index contributed by atoms with van der Waals surface area (Å²) >= 11 is 0. The van der Waals surface area contributed by atoms with Gasteiger partial charge < -0.3 is 19.9 Å². The second-order valence-electron chi connectivity index (χ2n) is 4.38. The van der Waals surface area contributed by atoms with Crippen LogP contribution in [0.2, 0.25) is 0 Å². The number of aromatic carboxylic acids is 1. The van der Waals surface area contributed by atoms with Crippen LogP contribution in [0.4, 0.5) is 5.69 Å². The Morgan fingerprint density at radius 2 is 2.00 bits per heavy atom. The number of nitrogens with one attached hydrogen (secondary N) is 1. The van der Waals surface area contributed by atoms with Crippen molar-refractivity contribution in [1.29, 1.82) is 0 Å². The van der Waals surface area contributed by atoms with Crippen LogP contribution in [0, 0.1) is 13.8 Å². The predicted octanol–water partition coefficient (Wildman–Crippen LogP) is 2.91. The van der Waals surface area contributed by atoms with Crippen molar-refractivity contribution in [3.8, 4) is 5.75 Å². The standard InChI is InChI=1S/C14H15NO4/c1-8-6-12(16)9(2)5-11(8)15-7-10-3-4-13(19-10)14(17)18/h3-6,15-16H,7H2,1-2H3,(H,17,18). The molecule has 0 spiro atoms. The van der Waals surface area contributed by atoms with Gasteiger partial charge in [0.15, 0.2) is 0 Å². The van der Waals surface area contributed by atoms with Gasteiger partial charge in [-0.2, -0.15) is 0 Å². The number of carboxylic acid groups (broad SMARTS) is 1. The molecule has 0 saturated carbocycles. The van der Waals surface area contributed by atoms with Crippen molar-refractivity contribution in [2.45, 2.75) is 20.4 Å². The van der Waals surface area contributed by atoms with Crippen LogP contribution in [0.25, 0.3) is 0 Å². The summed E-state index contributed by atoms with van der Waals surface area (Å²) in [6.07, 6.45) is 0. The summed E-state index contributed by atoms with van der Waals surface area (Å²) in [5.74, 6) is -0.352. The SMILES string of the molecule is Cc1cc(NCc2ccc(C(=O)O)o2)c(C)cc1O. The summed E-state index contributed by atoms with van der Waals surface area (Å²) in [6, 6.07) is 6.57. The number of phenolic OH excluding ortho intramolecular Hbond substituents is 1. The number of benzene rings is 1. The van der Waals surface area contributed by atoms with Crippen LogP contribution in [0.5, 0.6) is 5.75 Å². The van der Waals surface area contributed by atoms with E-state index in [1.165, 1.54) is 6.07 Å². The molecule has 0 aliphatic heterocycles. The lowest BCUT2D eigenvalue weighted by Gasteiger charge is -2.10. The molecular weight excluding hydrogens is 246 g/mol. The molecule has 1 heterocycles. The van der Waals surface area contributed by atoms with Gasteiger partial charge in [-0.05, 0) is 49.2 Å². The van der Waals surface area contributed by atoms with Gasteiger partial charge in [0, 0.05) is 5.69 Å². The van der Waals surface area contributed by atoms with E-state index in [0.717, 1.165) is 16.8 Å². The van der Waals surface area contributed by atoms with E-state index in [1.54, 1.807) is 12.1 Å². The van der Waals surface area contributed by atoms with E-state index < -0.39 is 5.97 Å². The Morgan fingerprint density at radius 3 is 2.63 bits per heavy atom. The first-order valence-electron chi connectivity index (χ1n) is 5.83. The maximum absolute atomic E-state index is 10.7. The zero-order valence-corrected chi connectivity index (χ0v) is 10.7. The van der Waals surface area contributed by atoms with Crippen LogP contribution in [-0.4, -0.2) is 16.2 Å². The summed E-state index contributed by atoms with van der Waals surface area (Å²) in [6.45, 7) is 4.08. The number of carboxylic acids is 1. The topological polar surface area (TPSA) is 82.7 Å². The highest BCUT2D eigenvalue weighted by molar-refractivity contribution is 5.84. The van der Waals surface area contributed by atoms with E-state index in [2.05, 4.69) is 5.32 Å². The monoisotopic (exact) mass is 261 g/mol. The third kappa shape index (κ3) is 2.88. The fraction of sp³-hybridized carbons (Fsp3) is 0.214. The maximum Gasteiger partial charge on any atom is 0.371 e. The number of aromatic hydroxyl groups is 1. The number of rotatable bonds is 4. The van der Waals surface area contributed by atoms with Gasteiger partial charge in [-0.3, -0.25) is 0 Å². The van der Waals surface area contributed by atoms with E-state index in [9.17, 15) is 9.90 Å². The molecule has 1 aromatic heterocycles. The Hall–Kier alpha value is -2.43. The third-order valence-electron chi connectivity index (χ3n) is 2.87. The number of hydrogen-bond acceptors (Lipinski definition) is 4. The van der Waals surface area contributed by atoms with Crippen molar-refractivity contribution in [1.82, 2.24) is 0 Å². The average molecular weight is 261 g/mol. The van der Waals surface area contributed by atoms with E-state index >= 15 is 0 Å². The van der Waals surface area contributed by atoms with Crippen molar-refractivity contribution < 1.29 is 19.4 Å². The van der Waals surface area contributed by atoms with Gasteiger partial charge in [-0.15, -0.1) is 0 Å². The van der Waals surface area contributed by atoms with E-state index in [1.807, 2.05) is 19.9 Å². The van der Waals surface area contributed by atoms with Gasteiger partial charge in [-0.1, -0.05) is 0 Å². The first-order valence-corrected chi connectivity index (χ1v) is 5.83. The number of carbonyl (C=O) groups is 1. The lowest BCUT2D eigenvalue weighted by molar-refractivity contribution is 0.0660. The van der Waals surface area contributed by atoms with Crippen LogP contribution in [0.3, 0.4) is 0 Å². The normalized spacial score (nSPS) is 10.4. The molecule has 2 rings (SSSR count). The minimum Gasteiger partial charge on any atom is -0.508 e. The van der Waals surface area contributed by atoms with Gasteiger partial charge >= 0.3 is 5.97 Å². The molecule has 0 aliphatic rings. The summed E-state index contributed by atoms with van der Waals surface area (Å²) in [7, 11) is 0. The Balaban J connectivity index is 2.09. The van der Waals surface area contributed by atoms with Crippen LogP contribution in [-0.2, 0) is 6.54 Å². The number of phenols is 1. The summed E-state index contributed by atoms with van der Waals surface area (Å²) in [4.78, 5) is 10.7. The molecule has 0 atom stereocenters. The molecule has 0 radical (unpaired) electrons. The highest BCUT2D eigenvalue weighted by Crippen LogP contribution is 2.25. The number of anilines is 1. The first kappa shape index (κ1) is 13.0. The minimum atomic E-state index is -1.08. The summed E-state index contributed by atoms with van der Waals surface area (Å²) in [5.41, 5.74) is 2.57. The van der Waals surface area contributed by atoms with Crippen LogP contribution < -0.4 is 5.32 Å². The molecule has 5 nitrogen and oxygen atoms in total. The zero-order valence-electron chi connectivity index (χ0n) is 10.7. The number of furan rings is 1. The van der Waals surface area contributed by atoms with E-state index in [0.29, 0.717) is 12.3 Å². The van der Waals surface area contributed by atoms with Crippen LogP contribution >= 0.6 is 0 Å². The third-order valence-corrected chi connectivity index (χ3v) is 2.87. The highest BCUT2D eigenvalue weighted by atomic mass is 16.4. The highest BCUT2D eigenvalue weighted by Gasteiger charge is 2.09. The zero-order chi connectivity index (χ0) is 14.0. The van der Waals surface area contributed by atoms with Crippen molar-refractivity contribution in [2.75, 3.05) is 5.32 Å². The molecule has 0 unspecified atom stereocenters. The maximum atomic E-state index is 10.7. The second-order valence-corrected chi connectivity index (χ2v) is 4.38. The summed E-state index contributed by atoms with van der Waals surface area (Å²) in [5, 5.41) is 21.5. The van der Waals surface area contributed by atoms with Gasteiger partial charge in [0.2, 0.25) is 5.76 Å². The average Bonchev–Trinajstić information content (AvgIpc) is 2.81. The molecule has 0 aliphatic carbocycles. The van der Waals surface area contributed by atoms with Gasteiger partial charge in [-0.25, -0.2) is 4.79 Å². The molecule has 0 bridgehead atoms. The first-order chi connectivity index (χ1) is 8.97. The van der Waals surface area contributed by atoms with Crippen molar-refractivity contribution in [3.05, 3.63) is 46.9 Å². The van der Waals surface area contributed by atoms with Gasteiger partial charge in [0.1, 0.15) is 11.5 Å².